The number of rotatable bonds is 3. The van der Waals surface area contributed by atoms with Crippen LogP contribution in [0.15, 0.2) is 47.7 Å². The second-order valence-corrected chi connectivity index (χ2v) is 5.76. The maximum atomic E-state index is 12.3. The summed E-state index contributed by atoms with van der Waals surface area (Å²) in [5.74, 6) is -0.494. The number of carbonyl (C=O) groups excluding carboxylic acids is 1. The molecule has 7 nitrogen and oxygen atoms in total. The predicted molar refractivity (Wildman–Crippen MR) is 91.0 cm³/mol. The number of nitrogens with zero attached hydrogens (tertiary/aromatic N) is 4. The first-order valence-corrected chi connectivity index (χ1v) is 7.63. The number of carbonyl (C=O) groups is 1. The molecule has 4 N–H and O–H groups in total. The summed E-state index contributed by atoms with van der Waals surface area (Å²) in [5, 5.41) is 5.28. The van der Waals surface area contributed by atoms with E-state index < -0.39 is 5.91 Å². The Morgan fingerprint density at radius 1 is 1.29 bits per heavy atom. The smallest absolute Gasteiger partial charge is 0.283 e. The fourth-order valence-electron chi connectivity index (χ4n) is 2.86. The number of pyridine rings is 1. The molecule has 0 spiro atoms. The van der Waals surface area contributed by atoms with Gasteiger partial charge in [-0.15, -0.1) is 0 Å². The van der Waals surface area contributed by atoms with E-state index in [9.17, 15) is 4.79 Å². The average Bonchev–Trinajstić information content (AvgIpc) is 3.31. The maximum Gasteiger partial charge on any atom is 0.283 e. The Morgan fingerprint density at radius 2 is 2.12 bits per heavy atom. The third-order valence-corrected chi connectivity index (χ3v) is 4.03. The number of aromatic nitrogens is 3. The molecule has 1 aliphatic rings. The quantitative estimate of drug-likeness (QED) is 0.563. The lowest BCUT2D eigenvalue weighted by atomic mass is 10.1. The number of nitrogens with two attached hydrogens (primary N) is 2. The molecular formula is C17H16N6O. The van der Waals surface area contributed by atoms with Crippen LogP contribution in [0.2, 0.25) is 0 Å². The zero-order valence-corrected chi connectivity index (χ0v) is 12.8. The van der Waals surface area contributed by atoms with E-state index >= 15 is 0 Å². The topological polar surface area (TPSA) is 112 Å². The SMILES string of the molecule is [2H]c1ccc2c(-n3ncc(C(=O)N=C(N)N)c3C3CC3)cccc2n1. The van der Waals surface area contributed by atoms with Gasteiger partial charge in [0.1, 0.15) is 0 Å². The van der Waals surface area contributed by atoms with E-state index in [2.05, 4.69) is 15.1 Å². The molecule has 0 atom stereocenters. The Kier molecular flexibility index (Phi) is 3.01. The van der Waals surface area contributed by atoms with Gasteiger partial charge in [0.05, 0.1) is 30.0 Å². The normalized spacial score (nSPS) is 14.4. The van der Waals surface area contributed by atoms with Crippen LogP contribution in [0, 0.1) is 0 Å². The summed E-state index contributed by atoms with van der Waals surface area (Å²) in [6, 6.07) is 9.11. The minimum absolute atomic E-state index is 0.205. The minimum atomic E-state index is -0.486. The number of hydrogen-bond acceptors (Lipinski definition) is 3. The van der Waals surface area contributed by atoms with Crippen LogP contribution in [0.3, 0.4) is 0 Å². The molecule has 0 bridgehead atoms. The summed E-state index contributed by atoms with van der Waals surface area (Å²) in [7, 11) is 0. The van der Waals surface area contributed by atoms with Crippen molar-refractivity contribution >= 4 is 22.8 Å². The van der Waals surface area contributed by atoms with Crippen molar-refractivity contribution in [2.75, 3.05) is 0 Å². The van der Waals surface area contributed by atoms with Crippen molar-refractivity contribution in [2.24, 2.45) is 16.5 Å². The molecular weight excluding hydrogens is 304 g/mol. The van der Waals surface area contributed by atoms with Gasteiger partial charge >= 0.3 is 0 Å². The number of hydrogen-bond donors (Lipinski definition) is 2. The van der Waals surface area contributed by atoms with Crippen molar-refractivity contribution in [2.45, 2.75) is 18.8 Å². The maximum absolute atomic E-state index is 12.3. The van der Waals surface area contributed by atoms with Crippen molar-refractivity contribution in [3.63, 3.8) is 0 Å². The second-order valence-electron chi connectivity index (χ2n) is 5.76. The van der Waals surface area contributed by atoms with Crippen molar-refractivity contribution in [3.8, 4) is 5.69 Å². The molecule has 1 aromatic carbocycles. The molecule has 7 heteroatoms. The summed E-state index contributed by atoms with van der Waals surface area (Å²) in [6.07, 6.45) is 3.70. The Hall–Kier alpha value is -3.22. The van der Waals surface area contributed by atoms with E-state index in [4.69, 9.17) is 12.8 Å². The van der Waals surface area contributed by atoms with E-state index in [1.54, 1.807) is 10.7 Å². The monoisotopic (exact) mass is 321 g/mol. The number of aliphatic imine (C=N–C) groups is 1. The van der Waals surface area contributed by atoms with Crippen molar-refractivity contribution in [1.82, 2.24) is 14.8 Å². The van der Waals surface area contributed by atoms with Crippen LogP contribution < -0.4 is 11.5 Å². The van der Waals surface area contributed by atoms with Gasteiger partial charge in [-0.25, -0.2) is 4.68 Å². The van der Waals surface area contributed by atoms with Crippen LogP contribution in [0.4, 0.5) is 0 Å². The van der Waals surface area contributed by atoms with Crippen molar-refractivity contribution in [3.05, 3.63) is 54.0 Å². The number of benzene rings is 1. The van der Waals surface area contributed by atoms with Gasteiger partial charge in [0.2, 0.25) is 0 Å². The molecule has 3 aromatic rings. The summed E-state index contributed by atoms with van der Waals surface area (Å²) >= 11 is 0. The fourth-order valence-corrected chi connectivity index (χ4v) is 2.86. The third kappa shape index (κ3) is 2.40. The molecule has 120 valence electrons. The van der Waals surface area contributed by atoms with Gasteiger partial charge in [-0.1, -0.05) is 6.07 Å². The average molecular weight is 321 g/mol. The Balaban J connectivity index is 1.91. The van der Waals surface area contributed by atoms with Crippen LogP contribution in [-0.2, 0) is 0 Å². The highest BCUT2D eigenvalue weighted by atomic mass is 16.1. The standard InChI is InChI=1S/C17H16N6O/c18-17(19)22-16(24)12-9-21-23(15(12)10-6-7-10)14-5-1-4-13-11(14)3-2-8-20-13/h1-5,8-10H,6-7H2,(H4,18,19,22,24)/i8D. The summed E-state index contributed by atoms with van der Waals surface area (Å²) in [6.45, 7) is 0. The molecule has 1 fully saturated rings. The lowest BCUT2D eigenvalue weighted by Crippen LogP contribution is -2.24. The third-order valence-electron chi connectivity index (χ3n) is 4.03. The highest BCUT2D eigenvalue weighted by Gasteiger charge is 2.33. The Bertz CT molecular complexity index is 1020. The molecule has 1 saturated carbocycles. The van der Waals surface area contributed by atoms with E-state index in [-0.39, 0.29) is 18.1 Å². The van der Waals surface area contributed by atoms with Gasteiger partial charge < -0.3 is 11.5 Å². The first-order chi connectivity index (χ1) is 12.0. The first kappa shape index (κ1) is 13.2. The Morgan fingerprint density at radius 3 is 2.88 bits per heavy atom. The molecule has 2 heterocycles. The molecule has 0 saturated heterocycles. The number of fused-ring (bicyclic) bond motifs is 1. The molecule has 2 aromatic heterocycles. The van der Waals surface area contributed by atoms with Crippen LogP contribution in [0.25, 0.3) is 16.6 Å². The van der Waals surface area contributed by atoms with Crippen LogP contribution >= 0.6 is 0 Å². The summed E-state index contributed by atoms with van der Waals surface area (Å²) < 4.78 is 9.45. The fraction of sp³-hybridized carbons (Fsp3) is 0.176. The van der Waals surface area contributed by atoms with Gasteiger partial charge in [-0.05, 0) is 37.1 Å². The van der Waals surface area contributed by atoms with Crippen molar-refractivity contribution < 1.29 is 6.17 Å². The molecule has 24 heavy (non-hydrogen) atoms. The summed E-state index contributed by atoms with van der Waals surface area (Å²) in [4.78, 5) is 20.2. The second kappa shape index (κ2) is 5.45. The lowest BCUT2D eigenvalue weighted by molar-refractivity contribution is 0.100. The van der Waals surface area contributed by atoms with Crippen molar-refractivity contribution in [1.29, 1.82) is 0 Å². The Labute approximate surface area is 139 Å². The van der Waals surface area contributed by atoms with Crippen LogP contribution in [0.5, 0.6) is 0 Å². The van der Waals surface area contributed by atoms with Crippen LogP contribution in [0.1, 0.15) is 36.2 Å². The lowest BCUT2D eigenvalue weighted by Gasteiger charge is -2.10. The summed E-state index contributed by atoms with van der Waals surface area (Å²) in [5.41, 5.74) is 13.4. The van der Waals surface area contributed by atoms with Gasteiger partial charge in [-0.2, -0.15) is 10.1 Å². The van der Waals surface area contributed by atoms with Crippen LogP contribution in [-0.4, -0.2) is 26.6 Å². The highest BCUT2D eigenvalue weighted by molar-refractivity contribution is 6.03. The number of amides is 1. The highest BCUT2D eigenvalue weighted by Crippen LogP contribution is 2.43. The van der Waals surface area contributed by atoms with E-state index in [0.29, 0.717) is 11.1 Å². The molecule has 0 unspecified atom stereocenters. The first-order valence-electron chi connectivity index (χ1n) is 8.13. The minimum Gasteiger partial charge on any atom is -0.370 e. The molecule has 1 aliphatic carbocycles. The van der Waals surface area contributed by atoms with Gasteiger partial charge in [-0.3, -0.25) is 9.78 Å². The van der Waals surface area contributed by atoms with E-state index in [1.807, 2.05) is 24.3 Å². The molecule has 4 rings (SSSR count). The van der Waals surface area contributed by atoms with E-state index in [0.717, 1.165) is 29.6 Å². The molecule has 0 radical (unpaired) electrons. The molecule has 0 aliphatic heterocycles. The molecule has 1 amide bonds. The zero-order chi connectivity index (χ0) is 17.6. The van der Waals surface area contributed by atoms with Gasteiger partial charge in [0.25, 0.3) is 5.91 Å². The zero-order valence-electron chi connectivity index (χ0n) is 13.8. The largest absolute Gasteiger partial charge is 0.370 e. The van der Waals surface area contributed by atoms with Gasteiger partial charge in [0, 0.05) is 17.5 Å². The van der Waals surface area contributed by atoms with Gasteiger partial charge in [0.15, 0.2) is 5.96 Å². The predicted octanol–water partition coefficient (Wildman–Crippen LogP) is 1.71. The van der Waals surface area contributed by atoms with E-state index in [1.165, 1.54) is 6.20 Å². The number of guanidine groups is 1.